The molecule has 1 rings (SSSR count). The van der Waals surface area contributed by atoms with Crippen LogP contribution in [-0.2, 0) is 0 Å². The topological polar surface area (TPSA) is 37.3 Å². The first-order valence-corrected chi connectivity index (χ1v) is 7.34. The molecular formula is C17H26O2. The average Bonchev–Trinajstić information content (AvgIpc) is 2.37. The van der Waals surface area contributed by atoms with E-state index in [1.54, 1.807) is 0 Å². The SMILES string of the molecule is CCCCCCC(=O)c1c(C(C)C)ccc(C)c1O. The molecule has 0 heterocycles. The van der Waals surface area contributed by atoms with Gasteiger partial charge in [0.2, 0.25) is 0 Å². The van der Waals surface area contributed by atoms with Crippen molar-refractivity contribution in [3.8, 4) is 5.75 Å². The van der Waals surface area contributed by atoms with Gasteiger partial charge in [0.25, 0.3) is 0 Å². The lowest BCUT2D eigenvalue weighted by Crippen LogP contribution is -2.06. The molecule has 19 heavy (non-hydrogen) atoms. The Balaban J connectivity index is 2.91. The van der Waals surface area contributed by atoms with E-state index in [-0.39, 0.29) is 17.5 Å². The third kappa shape index (κ3) is 4.09. The lowest BCUT2D eigenvalue weighted by atomic mass is 9.90. The second-order valence-electron chi connectivity index (χ2n) is 5.58. The fraction of sp³-hybridized carbons (Fsp3) is 0.588. The number of phenols is 1. The van der Waals surface area contributed by atoms with E-state index in [0.717, 1.165) is 24.0 Å². The number of ketones is 1. The first-order valence-electron chi connectivity index (χ1n) is 7.34. The Labute approximate surface area is 116 Å². The molecule has 0 amide bonds. The fourth-order valence-electron chi connectivity index (χ4n) is 2.32. The summed E-state index contributed by atoms with van der Waals surface area (Å²) < 4.78 is 0. The van der Waals surface area contributed by atoms with Crippen LogP contribution < -0.4 is 0 Å². The average molecular weight is 262 g/mol. The van der Waals surface area contributed by atoms with Gasteiger partial charge in [-0.1, -0.05) is 52.2 Å². The van der Waals surface area contributed by atoms with Gasteiger partial charge in [0, 0.05) is 6.42 Å². The molecule has 0 atom stereocenters. The second-order valence-corrected chi connectivity index (χ2v) is 5.58. The van der Waals surface area contributed by atoms with Gasteiger partial charge in [-0.05, 0) is 30.4 Å². The van der Waals surface area contributed by atoms with Crippen LogP contribution in [0, 0.1) is 6.92 Å². The number of benzene rings is 1. The minimum atomic E-state index is 0.0843. The first-order chi connectivity index (χ1) is 8.99. The van der Waals surface area contributed by atoms with Crippen LogP contribution in [0.2, 0.25) is 0 Å². The Hall–Kier alpha value is -1.31. The summed E-state index contributed by atoms with van der Waals surface area (Å²) in [5, 5.41) is 10.2. The standard InChI is InChI=1S/C17H26O2/c1-5-6-7-8-9-15(18)16-14(12(2)3)11-10-13(4)17(16)19/h10-12,19H,5-9H2,1-4H3. The number of carbonyl (C=O) groups is 1. The Kier molecular flexibility index (Phi) is 6.07. The number of rotatable bonds is 7. The number of Topliss-reactive ketones (excluding diaryl/α,β-unsaturated/α-hetero) is 1. The molecular weight excluding hydrogens is 236 g/mol. The molecule has 106 valence electrons. The van der Waals surface area contributed by atoms with E-state index >= 15 is 0 Å². The molecule has 0 aliphatic rings. The number of aryl methyl sites for hydroxylation is 1. The van der Waals surface area contributed by atoms with Gasteiger partial charge in [-0.15, -0.1) is 0 Å². The Morgan fingerprint density at radius 2 is 1.89 bits per heavy atom. The van der Waals surface area contributed by atoms with Gasteiger partial charge in [-0.25, -0.2) is 0 Å². The van der Waals surface area contributed by atoms with Gasteiger partial charge in [-0.3, -0.25) is 4.79 Å². The molecule has 0 saturated heterocycles. The number of hydrogen-bond acceptors (Lipinski definition) is 2. The quantitative estimate of drug-likeness (QED) is 0.556. The first kappa shape index (κ1) is 15.7. The van der Waals surface area contributed by atoms with Crippen LogP contribution in [0.15, 0.2) is 12.1 Å². The van der Waals surface area contributed by atoms with Crippen LogP contribution in [0.1, 0.15) is 80.3 Å². The van der Waals surface area contributed by atoms with Crippen LogP contribution in [0.3, 0.4) is 0 Å². The monoisotopic (exact) mass is 262 g/mol. The summed E-state index contributed by atoms with van der Waals surface area (Å²) >= 11 is 0. The van der Waals surface area contributed by atoms with Crippen molar-refractivity contribution in [2.45, 2.75) is 65.7 Å². The molecule has 2 heteroatoms. The van der Waals surface area contributed by atoms with Crippen LogP contribution in [0.4, 0.5) is 0 Å². The molecule has 0 fully saturated rings. The van der Waals surface area contributed by atoms with E-state index in [4.69, 9.17) is 0 Å². The maximum Gasteiger partial charge on any atom is 0.166 e. The minimum Gasteiger partial charge on any atom is -0.507 e. The van der Waals surface area contributed by atoms with Crippen molar-refractivity contribution in [1.82, 2.24) is 0 Å². The molecule has 0 spiro atoms. The van der Waals surface area contributed by atoms with Crippen molar-refractivity contribution in [2.24, 2.45) is 0 Å². The van der Waals surface area contributed by atoms with Crippen LogP contribution in [-0.4, -0.2) is 10.9 Å². The number of carbonyl (C=O) groups excluding carboxylic acids is 1. The van der Waals surface area contributed by atoms with Crippen molar-refractivity contribution in [2.75, 3.05) is 0 Å². The zero-order chi connectivity index (χ0) is 14.4. The van der Waals surface area contributed by atoms with E-state index < -0.39 is 0 Å². The highest BCUT2D eigenvalue weighted by Gasteiger charge is 2.19. The second kappa shape index (κ2) is 7.32. The van der Waals surface area contributed by atoms with Crippen LogP contribution in [0.25, 0.3) is 0 Å². The van der Waals surface area contributed by atoms with Gasteiger partial charge < -0.3 is 5.11 Å². The van der Waals surface area contributed by atoms with Gasteiger partial charge in [0.1, 0.15) is 5.75 Å². The van der Waals surface area contributed by atoms with Gasteiger partial charge >= 0.3 is 0 Å². The van der Waals surface area contributed by atoms with E-state index in [1.807, 2.05) is 19.1 Å². The zero-order valence-electron chi connectivity index (χ0n) is 12.6. The van der Waals surface area contributed by atoms with E-state index in [1.165, 1.54) is 12.8 Å². The highest BCUT2D eigenvalue weighted by Crippen LogP contribution is 2.31. The van der Waals surface area contributed by atoms with E-state index in [2.05, 4.69) is 20.8 Å². The fourth-order valence-corrected chi connectivity index (χ4v) is 2.32. The summed E-state index contributed by atoms with van der Waals surface area (Å²) in [4.78, 5) is 12.3. The number of unbranched alkanes of at least 4 members (excludes halogenated alkanes) is 3. The van der Waals surface area contributed by atoms with Crippen molar-refractivity contribution < 1.29 is 9.90 Å². The van der Waals surface area contributed by atoms with Gasteiger partial charge in [-0.2, -0.15) is 0 Å². The summed E-state index contributed by atoms with van der Waals surface area (Å²) in [6.07, 6.45) is 4.88. The van der Waals surface area contributed by atoms with Crippen molar-refractivity contribution in [1.29, 1.82) is 0 Å². The number of phenolic OH excluding ortho intramolecular Hbond substituents is 1. The third-order valence-electron chi connectivity index (χ3n) is 3.57. The molecule has 0 saturated carbocycles. The number of aromatic hydroxyl groups is 1. The smallest absolute Gasteiger partial charge is 0.166 e. The molecule has 0 aliphatic carbocycles. The molecule has 0 aliphatic heterocycles. The van der Waals surface area contributed by atoms with Crippen LogP contribution in [0.5, 0.6) is 5.75 Å². The molecule has 1 aromatic rings. The van der Waals surface area contributed by atoms with Crippen molar-refractivity contribution >= 4 is 5.78 Å². The number of hydrogen-bond donors (Lipinski definition) is 1. The summed E-state index contributed by atoms with van der Waals surface area (Å²) in [6.45, 7) is 8.11. The summed E-state index contributed by atoms with van der Waals surface area (Å²) in [6, 6.07) is 3.86. The molecule has 0 radical (unpaired) electrons. The molecule has 1 aromatic carbocycles. The van der Waals surface area contributed by atoms with Crippen molar-refractivity contribution in [3.05, 3.63) is 28.8 Å². The molecule has 0 unspecified atom stereocenters. The third-order valence-corrected chi connectivity index (χ3v) is 3.57. The molecule has 0 aromatic heterocycles. The summed E-state index contributed by atoms with van der Waals surface area (Å²) in [5.74, 6) is 0.508. The predicted octanol–water partition coefficient (Wildman–Crippen LogP) is 4.98. The highest BCUT2D eigenvalue weighted by atomic mass is 16.3. The maximum absolute atomic E-state index is 12.3. The summed E-state index contributed by atoms with van der Waals surface area (Å²) in [7, 11) is 0. The summed E-state index contributed by atoms with van der Waals surface area (Å²) in [5.41, 5.74) is 2.29. The highest BCUT2D eigenvalue weighted by molar-refractivity contribution is 6.00. The zero-order valence-corrected chi connectivity index (χ0v) is 12.6. The maximum atomic E-state index is 12.3. The van der Waals surface area contributed by atoms with E-state index in [0.29, 0.717) is 12.0 Å². The minimum absolute atomic E-state index is 0.0843. The largest absolute Gasteiger partial charge is 0.507 e. The van der Waals surface area contributed by atoms with Gasteiger partial charge in [0.05, 0.1) is 5.56 Å². The van der Waals surface area contributed by atoms with Crippen LogP contribution >= 0.6 is 0 Å². The van der Waals surface area contributed by atoms with Crippen molar-refractivity contribution in [3.63, 3.8) is 0 Å². The lowest BCUT2D eigenvalue weighted by Gasteiger charge is -2.15. The van der Waals surface area contributed by atoms with Gasteiger partial charge in [0.15, 0.2) is 5.78 Å². The molecule has 1 N–H and O–H groups in total. The normalized spacial score (nSPS) is 11.0. The Morgan fingerprint density at radius 3 is 2.47 bits per heavy atom. The lowest BCUT2D eigenvalue weighted by molar-refractivity contribution is 0.0975. The molecule has 2 nitrogen and oxygen atoms in total. The van der Waals surface area contributed by atoms with E-state index in [9.17, 15) is 9.90 Å². The molecule has 0 bridgehead atoms. The Bertz CT molecular complexity index is 433. The predicted molar refractivity (Wildman–Crippen MR) is 80.0 cm³/mol. The Morgan fingerprint density at radius 1 is 1.21 bits per heavy atom.